The zero-order valence-corrected chi connectivity index (χ0v) is 13.7. The monoisotopic (exact) mass is 338 g/mol. The highest BCUT2D eigenvalue weighted by Gasteiger charge is 2.19. The fraction of sp³-hybridized carbons (Fsp3) is 0.167. The molecule has 1 unspecified atom stereocenters. The molecule has 0 saturated carbocycles. The molecule has 7 nitrogen and oxygen atoms in total. The number of nitrogens with one attached hydrogen (secondary N) is 1. The van der Waals surface area contributed by atoms with E-state index in [9.17, 15) is 10.2 Å². The van der Waals surface area contributed by atoms with Gasteiger partial charge in [-0.15, -0.1) is 0 Å². The molecule has 0 aliphatic heterocycles. The second-order valence-corrected chi connectivity index (χ2v) is 5.65. The van der Waals surface area contributed by atoms with E-state index in [0.29, 0.717) is 12.1 Å². The Balaban J connectivity index is 1.64. The normalized spacial score (nSPS) is 12.8. The number of aliphatic imine (C=N–C) groups is 1. The molecule has 3 rings (SSSR count). The average Bonchev–Trinajstić information content (AvgIpc) is 3.06. The summed E-state index contributed by atoms with van der Waals surface area (Å²) < 4.78 is 6.71. The Labute approximate surface area is 144 Å². The van der Waals surface area contributed by atoms with E-state index in [4.69, 9.17) is 4.52 Å². The van der Waals surface area contributed by atoms with Gasteiger partial charge < -0.3 is 15.5 Å². The molecule has 2 N–H and O–H groups in total. The van der Waals surface area contributed by atoms with Crippen molar-refractivity contribution in [2.45, 2.75) is 19.4 Å². The second-order valence-electron chi connectivity index (χ2n) is 5.65. The molecule has 2 aromatic carbocycles. The minimum absolute atomic E-state index is 0.00873. The summed E-state index contributed by atoms with van der Waals surface area (Å²) >= 11 is 0. The Kier molecular flexibility index (Phi) is 4.94. The fourth-order valence-electron chi connectivity index (χ4n) is 2.35. The molecule has 0 fully saturated rings. The third-order valence-electron chi connectivity index (χ3n) is 3.63. The number of benzene rings is 2. The van der Waals surface area contributed by atoms with Crippen LogP contribution in [0.4, 0.5) is 11.6 Å². The van der Waals surface area contributed by atoms with Gasteiger partial charge in [-0.05, 0) is 34.5 Å². The van der Waals surface area contributed by atoms with Crippen LogP contribution in [0.5, 0.6) is 5.75 Å². The number of aromatic nitrogens is 2. The lowest BCUT2D eigenvalue weighted by Gasteiger charge is -2.11. The standard InChI is InChI=1S/C18H18N4O3/c1-13(11-14-7-9-16(23)10-8-14)22-12-17(25-21-22)20-18(24)19-15-5-3-2-4-6-15/h2-10,12-13H,11H2,1H3,(H2-,19,20,21,23,24). The van der Waals surface area contributed by atoms with Gasteiger partial charge in [0.2, 0.25) is 5.27 Å². The van der Waals surface area contributed by atoms with Gasteiger partial charge in [0.15, 0.2) is 6.04 Å². The summed E-state index contributed by atoms with van der Waals surface area (Å²) in [6.07, 6.45) is 2.28. The highest BCUT2D eigenvalue weighted by atomic mass is 16.5. The lowest BCUT2D eigenvalue weighted by molar-refractivity contribution is -0.782. The van der Waals surface area contributed by atoms with E-state index in [1.807, 2.05) is 37.3 Å². The van der Waals surface area contributed by atoms with Crippen molar-refractivity contribution in [3.63, 3.8) is 0 Å². The van der Waals surface area contributed by atoms with Crippen LogP contribution >= 0.6 is 0 Å². The van der Waals surface area contributed by atoms with Crippen LogP contribution in [0.2, 0.25) is 0 Å². The molecule has 25 heavy (non-hydrogen) atoms. The van der Waals surface area contributed by atoms with Crippen molar-refractivity contribution in [2.24, 2.45) is 4.99 Å². The second kappa shape index (κ2) is 7.48. The number of anilines is 1. The van der Waals surface area contributed by atoms with Gasteiger partial charge in [-0.3, -0.25) is 4.52 Å². The molecule has 1 heterocycles. The largest absolute Gasteiger partial charge is 0.846 e. The van der Waals surface area contributed by atoms with Crippen molar-refractivity contribution >= 4 is 17.6 Å². The van der Waals surface area contributed by atoms with E-state index >= 15 is 0 Å². The Morgan fingerprint density at radius 3 is 2.68 bits per heavy atom. The van der Waals surface area contributed by atoms with Gasteiger partial charge in [0.05, 0.1) is 6.02 Å². The van der Waals surface area contributed by atoms with E-state index in [1.54, 1.807) is 35.1 Å². The first-order chi connectivity index (χ1) is 12.1. The number of phenolic OH excluding ortho intramolecular Hbond substituents is 1. The molecule has 7 heteroatoms. The van der Waals surface area contributed by atoms with Gasteiger partial charge in [-0.1, -0.05) is 30.3 Å². The summed E-state index contributed by atoms with van der Waals surface area (Å²) in [7, 11) is 0. The van der Waals surface area contributed by atoms with Gasteiger partial charge >= 0.3 is 5.88 Å². The van der Waals surface area contributed by atoms with E-state index in [-0.39, 0.29) is 17.7 Å². The molecule has 0 radical (unpaired) electrons. The number of hydrogen-bond donors (Lipinski definition) is 2. The molecule has 128 valence electrons. The Morgan fingerprint density at radius 1 is 1.24 bits per heavy atom. The molecule has 0 aliphatic rings. The fourth-order valence-corrected chi connectivity index (χ4v) is 2.35. The van der Waals surface area contributed by atoms with Gasteiger partial charge in [-0.2, -0.15) is 0 Å². The lowest BCUT2D eigenvalue weighted by atomic mass is 10.1. The van der Waals surface area contributed by atoms with Gasteiger partial charge in [0.25, 0.3) is 6.20 Å². The predicted molar refractivity (Wildman–Crippen MR) is 90.4 cm³/mol. The number of amidine groups is 1. The van der Waals surface area contributed by atoms with Crippen molar-refractivity contribution in [1.29, 1.82) is 0 Å². The maximum atomic E-state index is 11.9. The van der Waals surface area contributed by atoms with Gasteiger partial charge in [0.1, 0.15) is 5.75 Å². The molecule has 0 bridgehead atoms. The van der Waals surface area contributed by atoms with Gasteiger partial charge in [0, 0.05) is 19.0 Å². The summed E-state index contributed by atoms with van der Waals surface area (Å²) in [5.74, 6) is 0.363. The maximum Gasteiger partial charge on any atom is 0.322 e. The highest BCUT2D eigenvalue weighted by Crippen LogP contribution is 2.15. The first kappa shape index (κ1) is 16.5. The number of nitrogens with zero attached hydrogens (tertiary/aromatic N) is 3. The molecule has 0 aliphatic carbocycles. The third kappa shape index (κ3) is 4.57. The molecule has 1 atom stereocenters. The molecular weight excluding hydrogens is 320 g/mol. The number of aromatic hydroxyl groups is 1. The SMILES string of the molecule is CC(Cc1ccc(O)cc1)[n+]1cc(/N=C(\[O-])Nc2ccccc2)on1. The van der Waals surface area contributed by atoms with Crippen LogP contribution in [0.15, 0.2) is 70.3 Å². The van der Waals surface area contributed by atoms with Crippen LogP contribution in [0, 0.1) is 0 Å². The van der Waals surface area contributed by atoms with Crippen LogP contribution in [0.1, 0.15) is 18.5 Å². The predicted octanol–water partition coefficient (Wildman–Crippen LogP) is 1.93. The molecule has 1 aromatic heterocycles. The smallest absolute Gasteiger partial charge is 0.322 e. The summed E-state index contributed by atoms with van der Waals surface area (Å²) in [4.78, 5) is 3.84. The average molecular weight is 338 g/mol. The Morgan fingerprint density at radius 2 is 1.96 bits per heavy atom. The zero-order valence-electron chi connectivity index (χ0n) is 13.7. The van der Waals surface area contributed by atoms with Crippen molar-refractivity contribution in [1.82, 2.24) is 5.27 Å². The van der Waals surface area contributed by atoms with E-state index in [0.717, 1.165) is 5.56 Å². The van der Waals surface area contributed by atoms with Crippen molar-refractivity contribution in [3.05, 3.63) is 66.4 Å². The molecule has 0 spiro atoms. The third-order valence-corrected chi connectivity index (χ3v) is 3.63. The van der Waals surface area contributed by atoms with Crippen LogP contribution in [0.25, 0.3) is 0 Å². The number of hydrogen-bond acceptors (Lipinski definition) is 5. The van der Waals surface area contributed by atoms with Crippen LogP contribution in [-0.4, -0.2) is 16.4 Å². The van der Waals surface area contributed by atoms with Crippen molar-refractivity contribution in [3.8, 4) is 5.75 Å². The van der Waals surface area contributed by atoms with Crippen LogP contribution in [0.3, 0.4) is 0 Å². The number of rotatable bonds is 5. The molecule has 3 aromatic rings. The summed E-state index contributed by atoms with van der Waals surface area (Å²) in [6.45, 7) is 1.98. The summed E-state index contributed by atoms with van der Waals surface area (Å²) in [6, 6.07) is 15.5. The molecule has 0 saturated heterocycles. The minimum atomic E-state index is -0.527. The molecular formula is C18H18N4O3. The quantitative estimate of drug-likeness (QED) is 0.421. The van der Waals surface area contributed by atoms with Gasteiger partial charge in [-0.25, -0.2) is 4.99 Å². The van der Waals surface area contributed by atoms with Crippen LogP contribution in [-0.2, 0) is 6.42 Å². The minimum Gasteiger partial charge on any atom is -0.846 e. The van der Waals surface area contributed by atoms with Crippen LogP contribution < -0.4 is 15.1 Å². The van der Waals surface area contributed by atoms with E-state index < -0.39 is 6.02 Å². The summed E-state index contributed by atoms with van der Waals surface area (Å²) in [5.41, 5.74) is 1.71. The first-order valence-corrected chi connectivity index (χ1v) is 7.84. The van der Waals surface area contributed by atoms with Crippen molar-refractivity contribution < 1.29 is 19.4 Å². The van der Waals surface area contributed by atoms with E-state index in [1.165, 1.54) is 0 Å². The highest BCUT2D eigenvalue weighted by molar-refractivity contribution is 5.86. The number of phenols is 1. The Bertz CT molecular complexity index is 844. The first-order valence-electron chi connectivity index (χ1n) is 7.84. The molecule has 0 amide bonds. The van der Waals surface area contributed by atoms with Crippen molar-refractivity contribution in [2.75, 3.05) is 5.32 Å². The maximum absolute atomic E-state index is 11.9. The summed E-state index contributed by atoms with van der Waals surface area (Å²) in [5, 5.41) is 27.8. The topological polar surface area (TPSA) is 97.6 Å². The zero-order chi connectivity index (χ0) is 17.6. The Hall–Kier alpha value is -3.35. The lowest BCUT2D eigenvalue weighted by Crippen LogP contribution is -2.39. The number of para-hydroxylation sites is 1. The van der Waals surface area contributed by atoms with E-state index in [2.05, 4.69) is 15.6 Å².